The third-order valence-electron chi connectivity index (χ3n) is 5.72. The van der Waals surface area contributed by atoms with Gasteiger partial charge in [-0.25, -0.2) is 9.59 Å². The van der Waals surface area contributed by atoms with Crippen molar-refractivity contribution < 1.29 is 19.8 Å². The third kappa shape index (κ3) is 3.79. The van der Waals surface area contributed by atoms with Gasteiger partial charge in [-0.3, -0.25) is 4.99 Å². The van der Waals surface area contributed by atoms with Crippen LogP contribution in [0.2, 0.25) is 0 Å². The van der Waals surface area contributed by atoms with Crippen molar-refractivity contribution in [3.05, 3.63) is 106 Å². The van der Waals surface area contributed by atoms with Gasteiger partial charge < -0.3 is 10.2 Å². The highest BCUT2D eigenvalue weighted by molar-refractivity contribution is 9.10. The Kier molecular flexibility index (Phi) is 5.74. The first kappa shape index (κ1) is 21.0. The van der Waals surface area contributed by atoms with Crippen molar-refractivity contribution in [3.8, 4) is 0 Å². The van der Waals surface area contributed by atoms with Crippen LogP contribution in [0.1, 0.15) is 34.6 Å². The molecule has 1 aliphatic rings. The molecule has 0 amide bonds. The Labute approximate surface area is 188 Å². The fourth-order valence-electron chi connectivity index (χ4n) is 4.23. The fraction of sp³-hybridized carbons (Fsp3) is 0.160. The lowest BCUT2D eigenvalue weighted by Gasteiger charge is -2.29. The fourth-order valence-corrected chi connectivity index (χ4v) is 4.61. The predicted octanol–water partition coefficient (Wildman–Crippen LogP) is 4.92. The van der Waals surface area contributed by atoms with Crippen LogP contribution in [0.15, 0.2) is 88.3 Å². The number of rotatable bonds is 6. The average Bonchev–Trinajstić information content (AvgIpc) is 3.18. The SMILES string of the molecule is O=C(O)C(N=C(c1ccccc1)c1ccccc1)(C(=O)O)[C@@H]1CCc2ccc(Br)cc21. The van der Waals surface area contributed by atoms with E-state index in [2.05, 4.69) is 20.9 Å². The Bertz CT molecular complexity index is 1100. The molecule has 4 rings (SSSR count). The molecule has 0 aromatic heterocycles. The maximum absolute atomic E-state index is 12.6. The van der Waals surface area contributed by atoms with Crippen LogP contribution in [0.3, 0.4) is 0 Å². The van der Waals surface area contributed by atoms with Crippen molar-refractivity contribution in [2.24, 2.45) is 4.99 Å². The van der Waals surface area contributed by atoms with Crippen molar-refractivity contribution in [1.29, 1.82) is 0 Å². The standard InChI is InChI=1S/C25H20BrNO4/c26-19-13-11-16-12-14-21(20(16)15-19)25(23(28)29,24(30)31)27-22(17-7-3-1-4-8-17)18-9-5-2-6-10-18/h1-11,13,15,21H,12,14H2,(H,28,29)(H,30,31)/t21-/m1/s1. The van der Waals surface area contributed by atoms with E-state index in [4.69, 9.17) is 0 Å². The van der Waals surface area contributed by atoms with Crippen LogP contribution in [-0.2, 0) is 16.0 Å². The molecule has 3 aromatic rings. The molecule has 2 N–H and O–H groups in total. The van der Waals surface area contributed by atoms with E-state index in [1.807, 2.05) is 54.6 Å². The molecule has 156 valence electrons. The van der Waals surface area contributed by atoms with Crippen LogP contribution < -0.4 is 0 Å². The Hall–Kier alpha value is -3.25. The Balaban J connectivity index is 1.99. The highest BCUT2D eigenvalue weighted by Gasteiger charge is 2.56. The van der Waals surface area contributed by atoms with Gasteiger partial charge >= 0.3 is 11.9 Å². The summed E-state index contributed by atoms with van der Waals surface area (Å²) in [4.78, 5) is 29.8. The molecular formula is C25H20BrNO4. The second-order valence-corrected chi connectivity index (χ2v) is 8.42. The summed E-state index contributed by atoms with van der Waals surface area (Å²) in [5.41, 5.74) is 0.975. The van der Waals surface area contributed by atoms with Crippen molar-refractivity contribution in [1.82, 2.24) is 0 Å². The van der Waals surface area contributed by atoms with Crippen molar-refractivity contribution in [3.63, 3.8) is 0 Å². The number of benzene rings is 3. The van der Waals surface area contributed by atoms with Gasteiger partial charge in [0.25, 0.3) is 5.54 Å². The van der Waals surface area contributed by atoms with Gasteiger partial charge in [-0.15, -0.1) is 0 Å². The van der Waals surface area contributed by atoms with Crippen molar-refractivity contribution in [2.75, 3.05) is 0 Å². The minimum atomic E-state index is -2.35. The largest absolute Gasteiger partial charge is 0.479 e. The van der Waals surface area contributed by atoms with Gasteiger partial charge in [-0.2, -0.15) is 0 Å². The van der Waals surface area contributed by atoms with Crippen LogP contribution in [0.5, 0.6) is 0 Å². The molecule has 6 heteroatoms. The predicted molar refractivity (Wildman–Crippen MR) is 122 cm³/mol. The monoisotopic (exact) mass is 477 g/mol. The third-order valence-corrected chi connectivity index (χ3v) is 6.22. The Morgan fingerprint density at radius 1 is 0.871 bits per heavy atom. The number of aliphatic imine (C=N–C) groups is 1. The van der Waals surface area contributed by atoms with Gasteiger partial charge in [-0.1, -0.05) is 82.7 Å². The number of nitrogens with zero attached hydrogens (tertiary/aromatic N) is 1. The molecule has 0 fully saturated rings. The number of hydrogen-bond donors (Lipinski definition) is 2. The number of carboxylic acids is 2. The molecule has 0 saturated carbocycles. The zero-order chi connectivity index (χ0) is 22.0. The number of aryl methyl sites for hydroxylation is 1. The number of fused-ring (bicyclic) bond motifs is 1. The van der Waals surface area contributed by atoms with Crippen molar-refractivity contribution in [2.45, 2.75) is 24.3 Å². The van der Waals surface area contributed by atoms with Gasteiger partial charge in [0.2, 0.25) is 0 Å². The van der Waals surface area contributed by atoms with Gasteiger partial charge in [0.05, 0.1) is 5.71 Å². The summed E-state index contributed by atoms with van der Waals surface area (Å²) in [6, 6.07) is 23.8. The van der Waals surface area contributed by atoms with Crippen LogP contribution in [0.4, 0.5) is 0 Å². The van der Waals surface area contributed by atoms with Crippen LogP contribution >= 0.6 is 15.9 Å². The van der Waals surface area contributed by atoms with E-state index in [0.29, 0.717) is 35.2 Å². The topological polar surface area (TPSA) is 87.0 Å². The summed E-state index contributed by atoms with van der Waals surface area (Å²) in [5, 5.41) is 20.6. The van der Waals surface area contributed by atoms with Crippen LogP contribution in [-0.4, -0.2) is 33.4 Å². The number of carboxylic acid groups (broad SMARTS) is 2. The minimum Gasteiger partial charge on any atom is -0.479 e. The van der Waals surface area contributed by atoms with E-state index in [1.165, 1.54) is 0 Å². The number of halogens is 1. The molecule has 0 radical (unpaired) electrons. The number of aliphatic carboxylic acids is 2. The zero-order valence-corrected chi connectivity index (χ0v) is 18.1. The minimum absolute atomic E-state index is 0.342. The average molecular weight is 478 g/mol. The zero-order valence-electron chi connectivity index (χ0n) is 16.5. The lowest BCUT2D eigenvalue weighted by Crippen LogP contribution is -2.50. The molecule has 3 aromatic carbocycles. The maximum Gasteiger partial charge on any atom is 0.344 e. The molecule has 0 spiro atoms. The normalized spacial score (nSPS) is 15.2. The van der Waals surface area contributed by atoms with E-state index in [-0.39, 0.29) is 0 Å². The molecule has 1 atom stereocenters. The molecule has 31 heavy (non-hydrogen) atoms. The number of hydrogen-bond acceptors (Lipinski definition) is 3. The number of carbonyl (C=O) groups is 2. The smallest absolute Gasteiger partial charge is 0.344 e. The summed E-state index contributed by atoms with van der Waals surface area (Å²) < 4.78 is 0.776. The first-order valence-corrected chi connectivity index (χ1v) is 10.7. The lowest BCUT2D eigenvalue weighted by atomic mass is 9.79. The van der Waals surface area contributed by atoms with Gasteiger partial charge in [0.15, 0.2) is 0 Å². The molecule has 0 heterocycles. The highest BCUT2D eigenvalue weighted by atomic mass is 79.9. The van der Waals surface area contributed by atoms with Crippen LogP contribution in [0, 0.1) is 0 Å². The second-order valence-electron chi connectivity index (χ2n) is 7.50. The maximum atomic E-state index is 12.6. The summed E-state index contributed by atoms with van der Waals surface area (Å²) in [6.07, 6.45) is 1.00. The van der Waals surface area contributed by atoms with Gasteiger partial charge in [-0.05, 0) is 36.1 Å². The van der Waals surface area contributed by atoms with Crippen LogP contribution in [0.25, 0.3) is 0 Å². The quantitative estimate of drug-likeness (QED) is 0.389. The summed E-state index contributed by atoms with van der Waals surface area (Å²) in [6.45, 7) is 0. The van der Waals surface area contributed by atoms with E-state index >= 15 is 0 Å². The van der Waals surface area contributed by atoms with E-state index in [0.717, 1.165) is 10.0 Å². The lowest BCUT2D eigenvalue weighted by molar-refractivity contribution is -0.158. The first-order valence-electron chi connectivity index (χ1n) is 9.89. The highest BCUT2D eigenvalue weighted by Crippen LogP contribution is 2.44. The van der Waals surface area contributed by atoms with Gasteiger partial charge in [0.1, 0.15) is 0 Å². The molecule has 1 aliphatic carbocycles. The van der Waals surface area contributed by atoms with Crippen molar-refractivity contribution >= 4 is 33.6 Å². The summed E-state index contributed by atoms with van der Waals surface area (Å²) in [7, 11) is 0. The summed E-state index contributed by atoms with van der Waals surface area (Å²) in [5.74, 6) is -3.73. The van der Waals surface area contributed by atoms with E-state index in [9.17, 15) is 19.8 Å². The van der Waals surface area contributed by atoms with Gasteiger partial charge in [0, 0.05) is 21.5 Å². The Morgan fingerprint density at radius 3 is 1.94 bits per heavy atom. The second kappa shape index (κ2) is 8.47. The van der Waals surface area contributed by atoms with E-state index in [1.54, 1.807) is 24.3 Å². The van der Waals surface area contributed by atoms with E-state index < -0.39 is 23.4 Å². The summed E-state index contributed by atoms with van der Waals surface area (Å²) >= 11 is 3.43. The molecule has 0 saturated heterocycles. The molecule has 0 unspecified atom stereocenters. The molecular weight excluding hydrogens is 458 g/mol. The molecule has 0 aliphatic heterocycles. The molecule has 0 bridgehead atoms. The Morgan fingerprint density at radius 2 is 1.42 bits per heavy atom. The molecule has 5 nitrogen and oxygen atoms in total. The first-order chi connectivity index (χ1) is 14.9.